The molecule has 5 nitrogen and oxygen atoms in total. The molecule has 0 unspecified atom stereocenters. The third kappa shape index (κ3) is 5.12. The van der Waals surface area contributed by atoms with Gasteiger partial charge < -0.3 is 14.0 Å². The molecule has 3 rings (SSSR count). The summed E-state index contributed by atoms with van der Waals surface area (Å²) in [5.41, 5.74) is 3.25. The van der Waals surface area contributed by atoms with Gasteiger partial charge in [0.15, 0.2) is 6.61 Å². The summed E-state index contributed by atoms with van der Waals surface area (Å²) in [4.78, 5) is 24.4. The molecule has 1 aromatic carbocycles. The smallest absolute Gasteiger partial charge is 0.331 e. The molecule has 0 saturated carbocycles. The zero-order valence-corrected chi connectivity index (χ0v) is 16.9. The molecule has 0 radical (unpaired) electrons. The van der Waals surface area contributed by atoms with Gasteiger partial charge >= 0.3 is 5.97 Å². The number of esters is 1. The maximum absolute atomic E-state index is 12.5. The van der Waals surface area contributed by atoms with Gasteiger partial charge in [0.05, 0.1) is 6.10 Å². The number of carbonyl (C=O) groups excluding carboxylic acids is 2. The van der Waals surface area contributed by atoms with Crippen LogP contribution in [-0.2, 0) is 20.8 Å². The molecular weight excluding hydrogens is 378 g/mol. The summed E-state index contributed by atoms with van der Waals surface area (Å²) in [6.45, 7) is 5.14. The van der Waals surface area contributed by atoms with Gasteiger partial charge in [0.2, 0.25) is 5.78 Å². The first kappa shape index (κ1) is 20.4. The van der Waals surface area contributed by atoms with E-state index in [0.29, 0.717) is 10.6 Å². The summed E-state index contributed by atoms with van der Waals surface area (Å²) in [5.74, 6) is -0.780. The van der Waals surface area contributed by atoms with Crippen LogP contribution < -0.4 is 0 Å². The average Bonchev–Trinajstić information content (AvgIpc) is 3.28. The van der Waals surface area contributed by atoms with E-state index in [0.717, 1.165) is 42.9 Å². The van der Waals surface area contributed by atoms with Gasteiger partial charge in [-0.3, -0.25) is 4.79 Å². The minimum atomic E-state index is -0.568. The van der Waals surface area contributed by atoms with Gasteiger partial charge in [0, 0.05) is 41.2 Å². The van der Waals surface area contributed by atoms with E-state index in [-0.39, 0.29) is 18.5 Å². The van der Waals surface area contributed by atoms with E-state index in [9.17, 15) is 9.59 Å². The van der Waals surface area contributed by atoms with Crippen LogP contribution in [0.25, 0.3) is 6.08 Å². The molecule has 1 aliphatic heterocycles. The van der Waals surface area contributed by atoms with E-state index in [4.69, 9.17) is 21.1 Å². The molecule has 6 heteroatoms. The Morgan fingerprint density at radius 3 is 2.86 bits per heavy atom. The number of halogens is 1. The van der Waals surface area contributed by atoms with Crippen molar-refractivity contribution in [1.29, 1.82) is 0 Å². The number of aromatic nitrogens is 1. The van der Waals surface area contributed by atoms with Gasteiger partial charge in [0.1, 0.15) is 0 Å². The monoisotopic (exact) mass is 401 g/mol. The number of rotatable bonds is 7. The van der Waals surface area contributed by atoms with Crippen LogP contribution >= 0.6 is 11.6 Å². The maximum atomic E-state index is 12.5. The van der Waals surface area contributed by atoms with Crippen LogP contribution in [-0.4, -0.2) is 35.6 Å². The van der Waals surface area contributed by atoms with Crippen molar-refractivity contribution in [1.82, 2.24) is 4.57 Å². The predicted octanol–water partition coefficient (Wildman–Crippen LogP) is 4.38. The normalized spacial score (nSPS) is 16.6. The molecule has 0 bridgehead atoms. The second kappa shape index (κ2) is 9.22. The Kier molecular flexibility index (Phi) is 6.70. The molecule has 1 saturated heterocycles. The highest BCUT2D eigenvalue weighted by atomic mass is 35.5. The average molecular weight is 402 g/mol. The SMILES string of the molecule is Cc1cc(C(=O)COC(=O)/C=C/c2cccc(Cl)c2)c(C)n1C[C@H]1CCCO1. The molecule has 0 aliphatic carbocycles. The van der Waals surface area contributed by atoms with Gasteiger partial charge in [-0.05, 0) is 56.5 Å². The summed E-state index contributed by atoms with van der Waals surface area (Å²) in [5, 5.41) is 0.587. The lowest BCUT2D eigenvalue weighted by Crippen LogP contribution is -2.18. The van der Waals surface area contributed by atoms with E-state index in [1.807, 2.05) is 26.0 Å². The highest BCUT2D eigenvalue weighted by Crippen LogP contribution is 2.21. The number of ketones is 1. The lowest BCUT2D eigenvalue weighted by Gasteiger charge is -2.14. The molecule has 2 heterocycles. The molecule has 1 aromatic heterocycles. The number of Topliss-reactive ketones (excluding diaryl/α,β-unsaturated/α-hetero) is 1. The number of hydrogen-bond donors (Lipinski definition) is 0. The van der Waals surface area contributed by atoms with Gasteiger partial charge in [-0.15, -0.1) is 0 Å². The number of hydrogen-bond acceptors (Lipinski definition) is 4. The molecule has 148 valence electrons. The van der Waals surface area contributed by atoms with Crippen molar-refractivity contribution in [3.05, 3.63) is 63.9 Å². The topological polar surface area (TPSA) is 57.5 Å². The van der Waals surface area contributed by atoms with Gasteiger partial charge in [-0.1, -0.05) is 23.7 Å². The number of benzene rings is 1. The third-order valence-corrected chi connectivity index (χ3v) is 5.13. The zero-order chi connectivity index (χ0) is 20.1. The summed E-state index contributed by atoms with van der Waals surface area (Å²) >= 11 is 5.91. The lowest BCUT2D eigenvalue weighted by molar-refractivity contribution is -0.136. The molecule has 0 N–H and O–H groups in total. The van der Waals surface area contributed by atoms with Gasteiger partial charge in [-0.2, -0.15) is 0 Å². The highest BCUT2D eigenvalue weighted by Gasteiger charge is 2.21. The van der Waals surface area contributed by atoms with Gasteiger partial charge in [0.25, 0.3) is 0 Å². The summed E-state index contributed by atoms with van der Waals surface area (Å²) in [6.07, 6.45) is 5.21. The van der Waals surface area contributed by atoms with E-state index in [1.54, 1.807) is 24.3 Å². The van der Waals surface area contributed by atoms with Crippen molar-refractivity contribution in [2.24, 2.45) is 0 Å². The first-order valence-corrected chi connectivity index (χ1v) is 9.74. The Hall–Kier alpha value is -2.37. The third-order valence-electron chi connectivity index (χ3n) is 4.89. The molecule has 0 spiro atoms. The van der Waals surface area contributed by atoms with E-state index in [1.165, 1.54) is 6.08 Å². The van der Waals surface area contributed by atoms with E-state index >= 15 is 0 Å². The number of ether oxygens (including phenoxy) is 2. The van der Waals surface area contributed by atoms with E-state index in [2.05, 4.69) is 4.57 Å². The summed E-state index contributed by atoms with van der Waals surface area (Å²) in [6, 6.07) is 8.96. The van der Waals surface area contributed by atoms with Gasteiger partial charge in [-0.25, -0.2) is 4.79 Å². The molecule has 1 aliphatic rings. The molecule has 1 fully saturated rings. The first-order chi connectivity index (χ1) is 13.4. The van der Waals surface area contributed by atoms with Crippen LogP contribution in [0.15, 0.2) is 36.4 Å². The summed E-state index contributed by atoms with van der Waals surface area (Å²) in [7, 11) is 0. The highest BCUT2D eigenvalue weighted by molar-refractivity contribution is 6.30. The molecule has 28 heavy (non-hydrogen) atoms. The second-order valence-electron chi connectivity index (χ2n) is 6.95. The van der Waals surface area contributed by atoms with Crippen LogP contribution in [0.2, 0.25) is 5.02 Å². The largest absolute Gasteiger partial charge is 0.454 e. The van der Waals surface area contributed by atoms with Crippen molar-refractivity contribution in [3.63, 3.8) is 0 Å². The van der Waals surface area contributed by atoms with Crippen molar-refractivity contribution in [2.75, 3.05) is 13.2 Å². The Bertz CT molecular complexity index is 894. The van der Waals surface area contributed by atoms with E-state index < -0.39 is 5.97 Å². The number of carbonyl (C=O) groups is 2. The lowest BCUT2D eigenvalue weighted by atomic mass is 10.1. The van der Waals surface area contributed by atoms with Crippen LogP contribution in [0.5, 0.6) is 0 Å². The number of aryl methyl sites for hydroxylation is 1. The van der Waals surface area contributed by atoms with Crippen LogP contribution in [0.1, 0.15) is 40.2 Å². The van der Waals surface area contributed by atoms with Crippen LogP contribution in [0.3, 0.4) is 0 Å². The Labute approximate surface area is 169 Å². The maximum Gasteiger partial charge on any atom is 0.331 e. The molecule has 2 aromatic rings. The summed E-state index contributed by atoms with van der Waals surface area (Å²) < 4.78 is 12.9. The van der Waals surface area contributed by atoms with Crippen LogP contribution in [0.4, 0.5) is 0 Å². The van der Waals surface area contributed by atoms with Crippen molar-refractivity contribution < 1.29 is 19.1 Å². The van der Waals surface area contributed by atoms with Crippen molar-refractivity contribution in [3.8, 4) is 0 Å². The fourth-order valence-corrected chi connectivity index (χ4v) is 3.59. The standard InChI is InChI=1S/C22H24ClNO4/c1-15-11-20(16(2)24(15)13-19-7-4-10-27-19)21(25)14-28-22(26)9-8-17-5-3-6-18(23)12-17/h3,5-6,8-9,11-12,19H,4,7,10,13-14H2,1-2H3/b9-8+/t19-/m1/s1. The quantitative estimate of drug-likeness (QED) is 0.392. The second-order valence-corrected chi connectivity index (χ2v) is 7.39. The van der Waals surface area contributed by atoms with Crippen molar-refractivity contribution in [2.45, 2.75) is 39.3 Å². The zero-order valence-electron chi connectivity index (χ0n) is 16.1. The number of nitrogens with zero attached hydrogens (tertiary/aromatic N) is 1. The minimum Gasteiger partial charge on any atom is -0.454 e. The Morgan fingerprint density at radius 1 is 1.32 bits per heavy atom. The minimum absolute atomic E-state index is 0.196. The first-order valence-electron chi connectivity index (χ1n) is 9.36. The Balaban J connectivity index is 1.57. The molecule has 1 atom stereocenters. The van der Waals surface area contributed by atoms with Crippen LogP contribution in [0, 0.1) is 13.8 Å². The fourth-order valence-electron chi connectivity index (χ4n) is 3.39. The molecule has 0 amide bonds. The van der Waals surface area contributed by atoms with Crippen molar-refractivity contribution >= 4 is 29.4 Å². The molecular formula is C22H24ClNO4. The Morgan fingerprint density at radius 2 is 2.14 bits per heavy atom. The fraction of sp³-hybridized carbons (Fsp3) is 0.364. The predicted molar refractivity (Wildman–Crippen MR) is 109 cm³/mol.